The lowest BCUT2D eigenvalue weighted by molar-refractivity contribution is -0.152. The highest BCUT2D eigenvalue weighted by Gasteiger charge is 2.68. The average molecular weight is 441 g/mol. The molecule has 2 amide bonds. The van der Waals surface area contributed by atoms with Gasteiger partial charge < -0.3 is 4.74 Å². The van der Waals surface area contributed by atoms with Crippen LogP contribution in [0.2, 0.25) is 0 Å². The summed E-state index contributed by atoms with van der Waals surface area (Å²) in [5, 5.41) is 5.24. The normalized spacial score (nSPS) is 27.5. The van der Waals surface area contributed by atoms with Crippen molar-refractivity contribution >= 4 is 40.6 Å². The summed E-state index contributed by atoms with van der Waals surface area (Å²) in [6, 6.07) is 9.77. The van der Waals surface area contributed by atoms with Gasteiger partial charge in [0.05, 0.1) is 30.7 Å². The molecule has 0 radical (unpaired) electrons. The van der Waals surface area contributed by atoms with E-state index in [1.165, 1.54) is 25.4 Å². The van der Waals surface area contributed by atoms with Crippen molar-refractivity contribution in [1.82, 2.24) is 5.32 Å². The predicted molar refractivity (Wildman–Crippen MR) is 116 cm³/mol. The van der Waals surface area contributed by atoms with Crippen LogP contribution in [-0.2, 0) is 19.1 Å². The third-order valence-corrected chi connectivity index (χ3v) is 7.16. The monoisotopic (exact) mass is 440 g/mol. The molecule has 31 heavy (non-hydrogen) atoms. The topological polar surface area (TPSA) is 92.8 Å². The number of amides is 2. The Morgan fingerprint density at radius 2 is 1.97 bits per heavy atom. The number of carbonyl (C=O) groups is 4. The van der Waals surface area contributed by atoms with Gasteiger partial charge in [0.2, 0.25) is 11.8 Å². The highest BCUT2D eigenvalue weighted by Crippen LogP contribution is 2.52. The quantitative estimate of drug-likeness (QED) is 0.422. The molecule has 1 aromatic heterocycles. The number of nitrogens with one attached hydrogen (secondary N) is 1. The zero-order valence-electron chi connectivity index (χ0n) is 17.6. The number of imide groups is 1. The molecule has 0 aliphatic carbocycles. The van der Waals surface area contributed by atoms with Gasteiger partial charge in [-0.3, -0.25) is 24.5 Å². The Morgan fingerprint density at radius 3 is 2.58 bits per heavy atom. The van der Waals surface area contributed by atoms with Crippen molar-refractivity contribution in [3.63, 3.8) is 0 Å². The Morgan fingerprint density at radius 1 is 1.19 bits per heavy atom. The van der Waals surface area contributed by atoms with Gasteiger partial charge in [-0.15, -0.1) is 11.3 Å². The minimum Gasteiger partial charge on any atom is -0.468 e. The first-order chi connectivity index (χ1) is 14.9. The van der Waals surface area contributed by atoms with E-state index in [1.54, 1.807) is 24.3 Å². The molecule has 2 aliphatic heterocycles. The minimum atomic E-state index is -1.29. The number of nitrogens with zero attached hydrogens (tertiary/aromatic N) is 1. The fraction of sp³-hybridized carbons (Fsp3) is 0.391. The number of methoxy groups -OCH3 is 1. The molecule has 0 saturated carbocycles. The number of Topliss-reactive ketones (excluding diaryl/α,β-unsaturated/α-hetero) is 1. The minimum absolute atomic E-state index is 0.158. The van der Waals surface area contributed by atoms with Gasteiger partial charge in [-0.1, -0.05) is 31.5 Å². The molecule has 7 nitrogen and oxygen atoms in total. The van der Waals surface area contributed by atoms with Crippen LogP contribution in [0.25, 0.3) is 0 Å². The summed E-state index contributed by atoms with van der Waals surface area (Å²) in [6.07, 6.45) is 0.993. The van der Waals surface area contributed by atoms with Crippen molar-refractivity contribution in [2.45, 2.75) is 38.3 Å². The number of ketones is 1. The standard InChI is InChI=1S/C23H24N2O5S/c1-4-10-23(22(29)30-3)18-17(19(24-23)16-9-6-11-31-16)20(27)25(21(18)28)15-8-5-7-14(12-15)13(2)26/h5-9,11-12,17-19,24H,4,10H2,1-3H3/t17-,18+,19+,23-/m0/s1. The van der Waals surface area contributed by atoms with Crippen LogP contribution in [-0.4, -0.2) is 36.2 Å². The van der Waals surface area contributed by atoms with E-state index in [4.69, 9.17) is 4.74 Å². The van der Waals surface area contributed by atoms with Gasteiger partial charge in [0, 0.05) is 10.4 Å². The second-order valence-corrected chi connectivity index (χ2v) is 8.95. The van der Waals surface area contributed by atoms with Gasteiger partial charge in [-0.2, -0.15) is 0 Å². The van der Waals surface area contributed by atoms with E-state index < -0.39 is 35.3 Å². The fourth-order valence-corrected chi connectivity index (χ4v) is 5.75. The van der Waals surface area contributed by atoms with E-state index in [9.17, 15) is 19.2 Å². The highest BCUT2D eigenvalue weighted by atomic mass is 32.1. The summed E-state index contributed by atoms with van der Waals surface area (Å²) >= 11 is 1.47. The predicted octanol–water partition coefficient (Wildman–Crippen LogP) is 3.11. The molecule has 0 spiro atoms. The number of fused-ring (bicyclic) bond motifs is 1. The second kappa shape index (κ2) is 8.01. The van der Waals surface area contributed by atoms with Gasteiger partial charge in [0.15, 0.2) is 5.78 Å². The van der Waals surface area contributed by atoms with Crippen LogP contribution >= 0.6 is 11.3 Å². The molecule has 2 fully saturated rings. The summed E-state index contributed by atoms with van der Waals surface area (Å²) in [4.78, 5) is 54.2. The summed E-state index contributed by atoms with van der Waals surface area (Å²) < 4.78 is 5.11. The molecule has 1 aromatic carbocycles. The van der Waals surface area contributed by atoms with Crippen LogP contribution in [0.15, 0.2) is 41.8 Å². The lowest BCUT2D eigenvalue weighted by atomic mass is 9.77. The number of thiophene rings is 1. The van der Waals surface area contributed by atoms with E-state index in [2.05, 4.69) is 5.32 Å². The number of carbonyl (C=O) groups excluding carboxylic acids is 4. The lowest BCUT2D eigenvalue weighted by Gasteiger charge is -2.32. The maximum Gasteiger partial charge on any atom is 0.326 e. The van der Waals surface area contributed by atoms with E-state index in [0.717, 1.165) is 9.78 Å². The van der Waals surface area contributed by atoms with Gasteiger partial charge in [-0.05, 0) is 36.9 Å². The Hall–Kier alpha value is -2.84. The zero-order chi connectivity index (χ0) is 22.3. The van der Waals surface area contributed by atoms with Crippen molar-refractivity contribution < 1.29 is 23.9 Å². The van der Waals surface area contributed by atoms with Crippen molar-refractivity contribution in [2.24, 2.45) is 11.8 Å². The summed E-state index contributed by atoms with van der Waals surface area (Å²) in [6.45, 7) is 3.36. The van der Waals surface area contributed by atoms with Crippen molar-refractivity contribution in [1.29, 1.82) is 0 Å². The van der Waals surface area contributed by atoms with Crippen LogP contribution in [0.1, 0.15) is 48.0 Å². The van der Waals surface area contributed by atoms with Gasteiger partial charge in [0.1, 0.15) is 5.54 Å². The number of rotatable bonds is 6. The van der Waals surface area contributed by atoms with Crippen molar-refractivity contribution in [3.8, 4) is 0 Å². The molecule has 3 heterocycles. The Bertz CT molecular complexity index is 1050. The number of benzene rings is 1. The largest absolute Gasteiger partial charge is 0.468 e. The van der Waals surface area contributed by atoms with Gasteiger partial charge >= 0.3 is 5.97 Å². The Balaban J connectivity index is 1.85. The number of hydrogen-bond acceptors (Lipinski definition) is 7. The van der Waals surface area contributed by atoms with Crippen LogP contribution in [0, 0.1) is 11.8 Å². The van der Waals surface area contributed by atoms with E-state index >= 15 is 0 Å². The van der Waals surface area contributed by atoms with E-state index in [0.29, 0.717) is 24.1 Å². The number of anilines is 1. The average Bonchev–Trinajstić information content (AvgIpc) is 3.45. The Labute approximate surface area is 184 Å². The molecule has 2 aromatic rings. The first kappa shape index (κ1) is 21.4. The first-order valence-corrected chi connectivity index (χ1v) is 11.1. The number of hydrogen-bond donors (Lipinski definition) is 1. The summed E-state index contributed by atoms with van der Waals surface area (Å²) in [7, 11) is 1.30. The van der Waals surface area contributed by atoms with Crippen LogP contribution in [0.3, 0.4) is 0 Å². The first-order valence-electron chi connectivity index (χ1n) is 10.2. The van der Waals surface area contributed by atoms with Crippen LogP contribution < -0.4 is 10.2 Å². The molecule has 162 valence electrons. The molecule has 2 aliphatic rings. The molecule has 8 heteroatoms. The Kier molecular flexibility index (Phi) is 5.53. The molecule has 0 unspecified atom stereocenters. The van der Waals surface area contributed by atoms with Crippen molar-refractivity contribution in [3.05, 3.63) is 52.2 Å². The van der Waals surface area contributed by atoms with Crippen LogP contribution in [0.5, 0.6) is 0 Å². The zero-order valence-corrected chi connectivity index (χ0v) is 18.4. The third kappa shape index (κ3) is 3.21. The molecule has 4 atom stereocenters. The van der Waals surface area contributed by atoms with E-state index in [1.807, 2.05) is 24.4 Å². The lowest BCUT2D eigenvalue weighted by Crippen LogP contribution is -2.56. The molecular weight excluding hydrogens is 416 g/mol. The highest BCUT2D eigenvalue weighted by molar-refractivity contribution is 7.10. The smallest absolute Gasteiger partial charge is 0.326 e. The molecule has 2 saturated heterocycles. The maximum atomic E-state index is 13.7. The fourth-order valence-electron chi connectivity index (χ4n) is 4.93. The molecule has 0 bridgehead atoms. The second-order valence-electron chi connectivity index (χ2n) is 7.97. The number of esters is 1. The SMILES string of the molecule is CCC[C@]1(C(=O)OC)N[C@H](c2cccs2)[C@H]2C(=O)N(c3cccc(C(C)=O)c3)C(=O)[C@@H]21. The van der Waals surface area contributed by atoms with E-state index in [-0.39, 0.29) is 11.7 Å². The van der Waals surface area contributed by atoms with Gasteiger partial charge in [0.25, 0.3) is 0 Å². The summed E-state index contributed by atoms with van der Waals surface area (Å²) in [5.74, 6) is -3.14. The number of ether oxygens (including phenoxy) is 1. The van der Waals surface area contributed by atoms with Gasteiger partial charge in [-0.25, -0.2) is 4.90 Å². The maximum absolute atomic E-state index is 13.7. The molecule has 4 rings (SSSR count). The third-order valence-electron chi connectivity index (χ3n) is 6.21. The van der Waals surface area contributed by atoms with Crippen molar-refractivity contribution in [2.75, 3.05) is 12.0 Å². The summed E-state index contributed by atoms with van der Waals surface area (Å²) in [5.41, 5.74) is -0.532. The molecular formula is C23H24N2O5S. The molecule has 1 N–H and O–H groups in total. The van der Waals surface area contributed by atoms with Crippen LogP contribution in [0.4, 0.5) is 5.69 Å².